The third-order valence-corrected chi connectivity index (χ3v) is 2.91. The van der Waals surface area contributed by atoms with Crippen molar-refractivity contribution in [3.63, 3.8) is 0 Å². The van der Waals surface area contributed by atoms with Crippen LogP contribution in [0.2, 0.25) is 0 Å². The molecule has 0 fully saturated rings. The second-order valence-electron chi connectivity index (χ2n) is 4.57. The van der Waals surface area contributed by atoms with Crippen molar-refractivity contribution in [2.24, 2.45) is 5.10 Å². The molecule has 0 aliphatic rings. The highest BCUT2D eigenvalue weighted by atomic mass is 16.1. The molecular weight excluding hydrogens is 238 g/mol. The average molecular weight is 255 g/mol. The van der Waals surface area contributed by atoms with Gasteiger partial charge >= 0.3 is 0 Å². The van der Waals surface area contributed by atoms with Gasteiger partial charge in [0.1, 0.15) is 5.82 Å². The van der Waals surface area contributed by atoms with Crippen molar-refractivity contribution in [3.05, 3.63) is 63.9 Å². The van der Waals surface area contributed by atoms with Crippen LogP contribution in [0.5, 0.6) is 0 Å². The molecule has 0 bridgehead atoms. The number of nitrogens with two attached hydrogens (primary N) is 1. The van der Waals surface area contributed by atoms with Crippen LogP contribution < -0.4 is 11.3 Å². The van der Waals surface area contributed by atoms with Crippen LogP contribution >= 0.6 is 0 Å². The molecule has 4 nitrogen and oxygen atoms in total. The summed E-state index contributed by atoms with van der Waals surface area (Å²) in [4.78, 5) is 11.8. The number of rotatable bonds is 3. The summed E-state index contributed by atoms with van der Waals surface area (Å²) in [6.45, 7) is 3.85. The summed E-state index contributed by atoms with van der Waals surface area (Å²) in [5.41, 5.74) is 7.56. The molecule has 0 amide bonds. The smallest absolute Gasteiger partial charge is 0.273 e. The first-order valence-electron chi connectivity index (χ1n) is 6.16. The van der Waals surface area contributed by atoms with Crippen LogP contribution in [0.1, 0.15) is 24.0 Å². The van der Waals surface area contributed by atoms with E-state index in [-0.39, 0.29) is 11.5 Å². The van der Waals surface area contributed by atoms with Gasteiger partial charge in [-0.3, -0.25) is 4.79 Å². The normalized spacial score (nSPS) is 12.7. The molecule has 0 radical (unpaired) electrons. The zero-order chi connectivity index (χ0) is 13.8. The first-order chi connectivity index (χ1) is 9.08. The van der Waals surface area contributed by atoms with E-state index in [0.717, 1.165) is 11.1 Å². The maximum absolute atomic E-state index is 11.8. The average Bonchev–Trinajstić information content (AvgIpc) is 2.38. The van der Waals surface area contributed by atoms with Gasteiger partial charge in [-0.05, 0) is 24.1 Å². The third kappa shape index (κ3) is 3.10. The quantitative estimate of drug-likeness (QED) is 0.856. The molecule has 1 atom stereocenters. The largest absolute Gasteiger partial charge is 0.384 e. The van der Waals surface area contributed by atoms with Crippen LogP contribution in [0.4, 0.5) is 5.82 Å². The number of aryl methyl sites for hydroxylation is 1. The number of hydrogen-bond acceptors (Lipinski definition) is 3. The second-order valence-corrected chi connectivity index (χ2v) is 4.57. The molecule has 0 saturated heterocycles. The lowest BCUT2D eigenvalue weighted by Gasteiger charge is -2.07. The van der Waals surface area contributed by atoms with E-state index in [9.17, 15) is 4.79 Å². The molecule has 0 aliphatic heterocycles. The Morgan fingerprint density at radius 2 is 1.95 bits per heavy atom. The standard InChI is InChI=1S/C15H17N3O/c1-11-8-14(16)18(15(19)9-11)17-10-12(2)13-6-4-3-5-7-13/h3-10,12H,16H2,1-2H3/b17-10-/t12-/m1/s1. The summed E-state index contributed by atoms with van der Waals surface area (Å²) < 4.78 is 1.21. The van der Waals surface area contributed by atoms with E-state index >= 15 is 0 Å². The van der Waals surface area contributed by atoms with Crippen LogP contribution in [-0.4, -0.2) is 10.9 Å². The van der Waals surface area contributed by atoms with E-state index in [4.69, 9.17) is 5.73 Å². The predicted molar refractivity (Wildman–Crippen MR) is 78.6 cm³/mol. The van der Waals surface area contributed by atoms with Gasteiger partial charge in [-0.15, -0.1) is 0 Å². The molecule has 0 unspecified atom stereocenters. The molecule has 1 heterocycles. The molecule has 1 aromatic heterocycles. The summed E-state index contributed by atoms with van der Waals surface area (Å²) in [7, 11) is 0. The Morgan fingerprint density at radius 3 is 2.58 bits per heavy atom. The number of benzene rings is 1. The van der Waals surface area contributed by atoms with E-state index in [1.165, 1.54) is 10.7 Å². The number of aromatic nitrogens is 1. The predicted octanol–water partition coefficient (Wildman–Crippen LogP) is 2.38. The minimum Gasteiger partial charge on any atom is -0.384 e. The molecule has 0 spiro atoms. The van der Waals surface area contributed by atoms with Crippen LogP contribution in [0.15, 0.2) is 52.4 Å². The van der Waals surface area contributed by atoms with Crippen LogP contribution in [0.3, 0.4) is 0 Å². The molecule has 98 valence electrons. The van der Waals surface area contributed by atoms with Gasteiger partial charge in [-0.1, -0.05) is 37.3 Å². The van der Waals surface area contributed by atoms with Gasteiger partial charge in [0.05, 0.1) is 0 Å². The Morgan fingerprint density at radius 1 is 1.26 bits per heavy atom. The fraction of sp³-hybridized carbons (Fsp3) is 0.200. The first kappa shape index (κ1) is 13.1. The van der Waals surface area contributed by atoms with Crippen molar-refractivity contribution < 1.29 is 0 Å². The number of pyridine rings is 1. The van der Waals surface area contributed by atoms with Crippen LogP contribution in [0.25, 0.3) is 0 Å². The van der Waals surface area contributed by atoms with Gasteiger partial charge in [0.2, 0.25) is 0 Å². The van der Waals surface area contributed by atoms with Crippen molar-refractivity contribution in [3.8, 4) is 0 Å². The molecular formula is C15H17N3O. The molecule has 0 saturated carbocycles. The van der Waals surface area contributed by atoms with Gasteiger partial charge in [-0.25, -0.2) is 0 Å². The number of anilines is 1. The van der Waals surface area contributed by atoms with E-state index in [1.807, 2.05) is 44.2 Å². The Labute approximate surface area is 112 Å². The Bertz CT molecular complexity index is 644. The molecule has 19 heavy (non-hydrogen) atoms. The Balaban J connectivity index is 2.27. The maximum atomic E-state index is 11.8. The highest BCUT2D eigenvalue weighted by molar-refractivity contribution is 5.67. The summed E-state index contributed by atoms with van der Waals surface area (Å²) in [5, 5.41) is 4.18. The molecule has 1 aromatic carbocycles. The molecule has 2 aromatic rings. The Kier molecular flexibility index (Phi) is 3.80. The van der Waals surface area contributed by atoms with Crippen molar-refractivity contribution in [1.29, 1.82) is 0 Å². The van der Waals surface area contributed by atoms with Crippen molar-refractivity contribution >= 4 is 12.0 Å². The minimum atomic E-state index is -0.214. The van der Waals surface area contributed by atoms with Gasteiger partial charge in [0.15, 0.2) is 0 Å². The molecule has 2 N–H and O–H groups in total. The number of hydrogen-bond donors (Lipinski definition) is 1. The van der Waals surface area contributed by atoms with Crippen molar-refractivity contribution in [2.75, 3.05) is 5.73 Å². The molecule has 2 rings (SSSR count). The zero-order valence-electron chi connectivity index (χ0n) is 11.1. The minimum absolute atomic E-state index is 0.119. The fourth-order valence-electron chi connectivity index (χ4n) is 1.85. The Hall–Kier alpha value is -2.36. The van der Waals surface area contributed by atoms with E-state index in [0.29, 0.717) is 5.82 Å². The zero-order valence-corrected chi connectivity index (χ0v) is 11.1. The van der Waals surface area contributed by atoms with Gasteiger partial charge in [-0.2, -0.15) is 9.78 Å². The van der Waals surface area contributed by atoms with Crippen molar-refractivity contribution in [1.82, 2.24) is 4.68 Å². The number of nitrogen functional groups attached to an aromatic ring is 1. The highest BCUT2D eigenvalue weighted by Crippen LogP contribution is 2.12. The van der Waals surface area contributed by atoms with Gasteiger partial charge in [0.25, 0.3) is 5.56 Å². The monoisotopic (exact) mass is 255 g/mol. The second kappa shape index (κ2) is 5.52. The topological polar surface area (TPSA) is 60.4 Å². The molecule has 4 heteroatoms. The SMILES string of the molecule is Cc1cc(N)n(/N=C\[C@@H](C)c2ccccc2)c(=O)c1. The summed E-state index contributed by atoms with van der Waals surface area (Å²) in [6.07, 6.45) is 1.72. The fourth-order valence-corrected chi connectivity index (χ4v) is 1.85. The number of nitrogens with zero attached hydrogens (tertiary/aromatic N) is 2. The lowest BCUT2D eigenvalue weighted by Crippen LogP contribution is -2.19. The first-order valence-corrected chi connectivity index (χ1v) is 6.16. The molecule has 0 aliphatic carbocycles. The van der Waals surface area contributed by atoms with Crippen LogP contribution in [0, 0.1) is 6.92 Å². The summed E-state index contributed by atoms with van der Waals surface area (Å²) in [5.74, 6) is 0.468. The van der Waals surface area contributed by atoms with E-state index in [2.05, 4.69) is 5.10 Å². The maximum Gasteiger partial charge on any atom is 0.273 e. The lowest BCUT2D eigenvalue weighted by atomic mass is 10.0. The van der Waals surface area contributed by atoms with Gasteiger partial charge < -0.3 is 5.73 Å². The summed E-state index contributed by atoms with van der Waals surface area (Å²) >= 11 is 0. The van der Waals surface area contributed by atoms with E-state index < -0.39 is 0 Å². The van der Waals surface area contributed by atoms with E-state index in [1.54, 1.807) is 12.3 Å². The van der Waals surface area contributed by atoms with Crippen molar-refractivity contribution in [2.45, 2.75) is 19.8 Å². The van der Waals surface area contributed by atoms with Gasteiger partial charge in [0, 0.05) is 18.2 Å². The highest BCUT2D eigenvalue weighted by Gasteiger charge is 2.03. The third-order valence-electron chi connectivity index (χ3n) is 2.91. The summed E-state index contributed by atoms with van der Waals surface area (Å²) in [6, 6.07) is 13.2. The lowest BCUT2D eigenvalue weighted by molar-refractivity contribution is 0.831. The van der Waals surface area contributed by atoms with Crippen LogP contribution in [-0.2, 0) is 0 Å².